The number of aryl methyl sites for hydroxylation is 1. The highest BCUT2D eigenvalue weighted by Crippen LogP contribution is 2.38. The third-order valence-corrected chi connectivity index (χ3v) is 6.32. The van der Waals surface area contributed by atoms with Crippen molar-refractivity contribution < 1.29 is 18.3 Å². The molecule has 2 N–H and O–H groups in total. The van der Waals surface area contributed by atoms with E-state index in [4.69, 9.17) is 4.74 Å². The number of aromatic nitrogens is 1. The van der Waals surface area contributed by atoms with Gasteiger partial charge in [-0.25, -0.2) is 13.1 Å². The largest absolute Gasteiger partial charge is 0.386 e. The lowest BCUT2D eigenvalue weighted by atomic mass is 9.78. The first-order chi connectivity index (χ1) is 12.1. The first-order valence-electron chi connectivity index (χ1n) is 9.05. The molecule has 7 nitrogen and oxygen atoms in total. The summed E-state index contributed by atoms with van der Waals surface area (Å²) in [5, 5.41) is 10.5. The van der Waals surface area contributed by atoms with Crippen LogP contribution in [-0.4, -0.2) is 66.6 Å². The standard InChI is InChI=1S/C18H29N3O4S/c1-14-5-4-8-19-15(14)12-21-9-6-18(7-10-21)11-16(20-26(3,23)24)17(2,22)13-25-18/h4-5,8,16,20,22H,6-7,9-13H2,1-3H3/t16-,17-/m0/s1. The number of nitrogens with zero attached hydrogens (tertiary/aromatic N) is 2. The maximum absolute atomic E-state index is 11.7. The van der Waals surface area contributed by atoms with Crippen molar-refractivity contribution in [1.29, 1.82) is 0 Å². The van der Waals surface area contributed by atoms with E-state index in [9.17, 15) is 13.5 Å². The monoisotopic (exact) mass is 383 g/mol. The lowest BCUT2D eigenvalue weighted by molar-refractivity contribution is -0.190. The Bertz CT molecular complexity index is 743. The van der Waals surface area contributed by atoms with Gasteiger partial charge in [-0.2, -0.15) is 0 Å². The second-order valence-corrected chi connectivity index (χ2v) is 9.80. The number of likely N-dealkylation sites (tertiary alicyclic amines) is 1. The Balaban J connectivity index is 1.63. The van der Waals surface area contributed by atoms with Gasteiger partial charge in [0.05, 0.1) is 30.2 Å². The fourth-order valence-corrected chi connectivity index (χ4v) is 4.69. The number of piperidine rings is 1. The zero-order valence-electron chi connectivity index (χ0n) is 15.7. The minimum Gasteiger partial charge on any atom is -0.386 e. The number of aliphatic hydroxyl groups is 1. The number of nitrogens with one attached hydrogen (secondary N) is 1. The second kappa shape index (κ2) is 7.16. The van der Waals surface area contributed by atoms with Crippen molar-refractivity contribution in [2.45, 2.75) is 56.9 Å². The lowest BCUT2D eigenvalue weighted by Gasteiger charge is -2.50. The van der Waals surface area contributed by atoms with Gasteiger partial charge in [0, 0.05) is 25.8 Å². The molecule has 0 aromatic carbocycles. The zero-order chi connectivity index (χ0) is 19.0. The molecule has 2 aliphatic rings. The summed E-state index contributed by atoms with van der Waals surface area (Å²) < 4.78 is 32.0. The summed E-state index contributed by atoms with van der Waals surface area (Å²) in [6, 6.07) is 3.48. The van der Waals surface area contributed by atoms with E-state index in [-0.39, 0.29) is 12.2 Å². The maximum atomic E-state index is 11.7. The summed E-state index contributed by atoms with van der Waals surface area (Å²) in [4.78, 5) is 6.82. The van der Waals surface area contributed by atoms with E-state index in [2.05, 4.69) is 27.6 Å². The fourth-order valence-electron chi connectivity index (χ4n) is 3.84. The fraction of sp³-hybridized carbons (Fsp3) is 0.722. The molecule has 0 aliphatic carbocycles. The van der Waals surface area contributed by atoms with Crippen LogP contribution < -0.4 is 4.72 Å². The van der Waals surface area contributed by atoms with Crippen LogP contribution in [0.4, 0.5) is 0 Å². The van der Waals surface area contributed by atoms with E-state index in [1.807, 2.05) is 12.3 Å². The molecule has 0 saturated carbocycles. The van der Waals surface area contributed by atoms with Crippen molar-refractivity contribution in [1.82, 2.24) is 14.6 Å². The topological polar surface area (TPSA) is 91.8 Å². The van der Waals surface area contributed by atoms with Gasteiger partial charge < -0.3 is 9.84 Å². The van der Waals surface area contributed by atoms with E-state index in [1.54, 1.807) is 6.92 Å². The molecule has 2 saturated heterocycles. The van der Waals surface area contributed by atoms with E-state index >= 15 is 0 Å². The third kappa shape index (κ3) is 4.61. The molecule has 3 heterocycles. The second-order valence-electron chi connectivity index (χ2n) is 8.02. The predicted octanol–water partition coefficient (Wildman–Crippen LogP) is 0.814. The Morgan fingerprint density at radius 3 is 2.73 bits per heavy atom. The van der Waals surface area contributed by atoms with E-state index in [0.717, 1.165) is 44.4 Å². The van der Waals surface area contributed by atoms with Gasteiger partial charge in [-0.05, 0) is 44.7 Å². The summed E-state index contributed by atoms with van der Waals surface area (Å²) in [7, 11) is -3.39. The quantitative estimate of drug-likeness (QED) is 0.800. The van der Waals surface area contributed by atoms with Crippen molar-refractivity contribution in [3.63, 3.8) is 0 Å². The first-order valence-corrected chi connectivity index (χ1v) is 10.9. The van der Waals surface area contributed by atoms with Gasteiger partial charge in [0.25, 0.3) is 0 Å². The smallest absolute Gasteiger partial charge is 0.209 e. The van der Waals surface area contributed by atoms with Gasteiger partial charge in [-0.3, -0.25) is 9.88 Å². The van der Waals surface area contributed by atoms with Crippen LogP contribution in [0.15, 0.2) is 18.3 Å². The van der Waals surface area contributed by atoms with Crippen LogP contribution in [0, 0.1) is 6.92 Å². The molecule has 2 atom stereocenters. The van der Waals surface area contributed by atoms with Crippen molar-refractivity contribution in [2.75, 3.05) is 26.0 Å². The van der Waals surface area contributed by atoms with Crippen LogP contribution in [0.1, 0.15) is 37.4 Å². The van der Waals surface area contributed by atoms with Gasteiger partial charge in [-0.1, -0.05) is 6.07 Å². The molecular formula is C18H29N3O4S. The van der Waals surface area contributed by atoms with Crippen molar-refractivity contribution in [3.05, 3.63) is 29.6 Å². The minimum absolute atomic E-state index is 0.138. The van der Waals surface area contributed by atoms with Gasteiger partial charge in [-0.15, -0.1) is 0 Å². The van der Waals surface area contributed by atoms with E-state index in [1.165, 1.54) is 5.56 Å². The maximum Gasteiger partial charge on any atom is 0.209 e. The molecule has 0 radical (unpaired) electrons. The molecule has 8 heteroatoms. The number of hydrogen-bond acceptors (Lipinski definition) is 6. The Morgan fingerprint density at radius 1 is 1.42 bits per heavy atom. The van der Waals surface area contributed by atoms with E-state index in [0.29, 0.717) is 6.42 Å². The van der Waals surface area contributed by atoms with Gasteiger partial charge in [0.1, 0.15) is 5.60 Å². The lowest BCUT2D eigenvalue weighted by Crippen LogP contribution is -2.63. The van der Waals surface area contributed by atoms with Gasteiger partial charge >= 0.3 is 0 Å². The van der Waals surface area contributed by atoms with Gasteiger partial charge in [0.15, 0.2) is 0 Å². The van der Waals surface area contributed by atoms with Gasteiger partial charge in [0.2, 0.25) is 10.0 Å². The number of ether oxygens (including phenoxy) is 1. The first kappa shape index (κ1) is 19.7. The molecule has 2 aliphatic heterocycles. The Morgan fingerprint density at radius 2 is 2.12 bits per heavy atom. The van der Waals surface area contributed by atoms with Crippen LogP contribution in [0.2, 0.25) is 0 Å². The number of hydrogen-bond donors (Lipinski definition) is 2. The average Bonchev–Trinajstić information content (AvgIpc) is 2.55. The molecule has 0 amide bonds. The normalized spacial score (nSPS) is 29.8. The zero-order valence-corrected chi connectivity index (χ0v) is 16.6. The summed E-state index contributed by atoms with van der Waals surface area (Å²) in [5.41, 5.74) is 0.708. The molecule has 1 aromatic heterocycles. The summed E-state index contributed by atoms with van der Waals surface area (Å²) in [6.45, 7) is 6.38. The van der Waals surface area contributed by atoms with E-state index < -0.39 is 21.7 Å². The molecule has 1 aromatic rings. The molecule has 146 valence electrons. The number of sulfonamides is 1. The van der Waals surface area contributed by atoms with Crippen molar-refractivity contribution >= 4 is 10.0 Å². The van der Waals surface area contributed by atoms with Crippen LogP contribution in [0.5, 0.6) is 0 Å². The average molecular weight is 384 g/mol. The molecule has 26 heavy (non-hydrogen) atoms. The SMILES string of the molecule is Cc1cccnc1CN1CCC2(CC1)C[C@H](NS(C)(=O)=O)[C@@](C)(O)CO2. The minimum atomic E-state index is -3.39. The van der Waals surface area contributed by atoms with Crippen LogP contribution >= 0.6 is 0 Å². The molecule has 0 bridgehead atoms. The molecule has 2 fully saturated rings. The highest BCUT2D eigenvalue weighted by Gasteiger charge is 2.49. The van der Waals surface area contributed by atoms with Crippen LogP contribution in [0.3, 0.4) is 0 Å². The summed E-state index contributed by atoms with van der Waals surface area (Å²) >= 11 is 0. The van der Waals surface area contributed by atoms with Crippen molar-refractivity contribution in [2.24, 2.45) is 0 Å². The molecule has 1 spiro atoms. The molecular weight excluding hydrogens is 354 g/mol. The van der Waals surface area contributed by atoms with Crippen LogP contribution in [-0.2, 0) is 21.3 Å². The predicted molar refractivity (Wildman–Crippen MR) is 99.2 cm³/mol. The summed E-state index contributed by atoms with van der Waals surface area (Å²) in [5.74, 6) is 0. The Kier molecular flexibility index (Phi) is 5.43. The summed E-state index contributed by atoms with van der Waals surface area (Å²) in [6.07, 6.45) is 5.07. The molecule has 0 unspecified atom stereocenters. The Hall–Kier alpha value is -1.06. The highest BCUT2D eigenvalue weighted by atomic mass is 32.2. The van der Waals surface area contributed by atoms with Crippen LogP contribution in [0.25, 0.3) is 0 Å². The Labute approximate surface area is 155 Å². The molecule has 3 rings (SSSR count). The van der Waals surface area contributed by atoms with Crippen molar-refractivity contribution in [3.8, 4) is 0 Å². The number of rotatable bonds is 4. The third-order valence-electron chi connectivity index (χ3n) is 5.61. The number of pyridine rings is 1. The highest BCUT2D eigenvalue weighted by molar-refractivity contribution is 7.88.